The molecule has 116 valence electrons. The Labute approximate surface area is 129 Å². The highest BCUT2D eigenvalue weighted by Crippen LogP contribution is 2.28. The minimum atomic E-state index is -1.36. The van der Waals surface area contributed by atoms with Gasteiger partial charge in [0.25, 0.3) is 11.1 Å². The van der Waals surface area contributed by atoms with Crippen LogP contribution in [0.1, 0.15) is 16.8 Å². The van der Waals surface area contributed by atoms with Gasteiger partial charge in [-0.25, -0.2) is 0 Å². The van der Waals surface area contributed by atoms with Crippen LogP contribution >= 0.6 is 11.8 Å². The van der Waals surface area contributed by atoms with E-state index in [4.69, 9.17) is 0 Å². The average molecular weight is 322 g/mol. The summed E-state index contributed by atoms with van der Waals surface area (Å²) in [6.07, 6.45) is -0.440. The Hall–Kier alpha value is -2.55. The zero-order valence-corrected chi connectivity index (χ0v) is 11.9. The summed E-state index contributed by atoms with van der Waals surface area (Å²) in [6.45, 7) is -0.260. The van der Waals surface area contributed by atoms with Crippen LogP contribution in [-0.4, -0.2) is 39.9 Å². The lowest BCUT2D eigenvalue weighted by molar-refractivity contribution is -0.305. The van der Waals surface area contributed by atoms with Crippen molar-refractivity contribution in [1.29, 1.82) is 0 Å². The summed E-state index contributed by atoms with van der Waals surface area (Å²) in [6, 6.07) is 5.61. The largest absolute Gasteiger partial charge is 0.550 e. The van der Waals surface area contributed by atoms with Gasteiger partial charge in [0, 0.05) is 24.6 Å². The average Bonchev–Trinajstić information content (AvgIpc) is 2.71. The molecule has 1 atom stereocenters. The van der Waals surface area contributed by atoms with Crippen molar-refractivity contribution in [3.8, 4) is 0 Å². The van der Waals surface area contributed by atoms with Crippen molar-refractivity contribution >= 4 is 40.5 Å². The number of anilines is 1. The van der Waals surface area contributed by atoms with Gasteiger partial charge in [-0.15, -0.1) is 0 Å². The van der Waals surface area contributed by atoms with E-state index in [0.717, 1.165) is 4.90 Å². The molecule has 1 fully saturated rings. The van der Waals surface area contributed by atoms with Gasteiger partial charge in [-0.1, -0.05) is 12.1 Å². The van der Waals surface area contributed by atoms with Crippen LogP contribution in [0.4, 0.5) is 10.5 Å². The molecule has 0 aliphatic carbocycles. The van der Waals surface area contributed by atoms with Crippen LogP contribution < -0.4 is 15.5 Å². The lowest BCUT2D eigenvalue weighted by atomic mass is 10.2. The van der Waals surface area contributed by atoms with Crippen molar-refractivity contribution in [2.75, 3.05) is 11.9 Å². The molecule has 1 heterocycles. The van der Waals surface area contributed by atoms with Crippen molar-refractivity contribution in [3.05, 3.63) is 29.8 Å². The van der Waals surface area contributed by atoms with Gasteiger partial charge < -0.3 is 25.1 Å². The normalized spacial score (nSPS) is 17.6. The highest BCUT2D eigenvalue weighted by atomic mass is 32.2. The van der Waals surface area contributed by atoms with Gasteiger partial charge in [0.2, 0.25) is 0 Å². The summed E-state index contributed by atoms with van der Waals surface area (Å²) >= 11 is 0.692. The van der Waals surface area contributed by atoms with E-state index in [1.54, 1.807) is 0 Å². The molecule has 0 bridgehead atoms. The van der Waals surface area contributed by atoms with Crippen molar-refractivity contribution < 1.29 is 29.4 Å². The molecule has 0 saturated carbocycles. The molecule has 1 aromatic carbocycles. The van der Waals surface area contributed by atoms with Crippen LogP contribution in [0.3, 0.4) is 0 Å². The maximum atomic E-state index is 12.0. The predicted octanol–water partition coefficient (Wildman–Crippen LogP) is -1.38. The third-order valence-corrected chi connectivity index (χ3v) is 3.84. The zero-order chi connectivity index (χ0) is 16.3. The Kier molecular flexibility index (Phi) is 4.66. The minimum Gasteiger partial charge on any atom is -0.550 e. The second-order valence-electron chi connectivity index (χ2n) is 4.39. The lowest BCUT2D eigenvalue weighted by Gasteiger charge is -2.15. The topological polar surface area (TPSA) is 130 Å². The highest BCUT2D eigenvalue weighted by molar-refractivity contribution is 8.15. The second-order valence-corrected chi connectivity index (χ2v) is 5.44. The van der Waals surface area contributed by atoms with Crippen LogP contribution in [-0.2, 0) is 9.59 Å². The number of carboxylic acids is 2. The number of benzene rings is 1. The van der Waals surface area contributed by atoms with Crippen molar-refractivity contribution in [3.63, 3.8) is 0 Å². The Morgan fingerprint density at radius 2 is 2.00 bits per heavy atom. The molecule has 0 radical (unpaired) electrons. The van der Waals surface area contributed by atoms with Gasteiger partial charge in [-0.05, 0) is 29.5 Å². The van der Waals surface area contributed by atoms with Gasteiger partial charge in [0.1, 0.15) is 0 Å². The number of aliphatic carboxylic acids is 1. The van der Waals surface area contributed by atoms with E-state index in [9.17, 15) is 29.4 Å². The Balaban J connectivity index is 2.06. The minimum absolute atomic E-state index is 0.0689. The number of carbonyl (C=O) groups is 4. The zero-order valence-electron chi connectivity index (χ0n) is 11.1. The SMILES string of the molecule is O=C([O-])CCN1C(=O)S[C@H](Nc2cccc(C(=O)[O-])c2)C1=O. The van der Waals surface area contributed by atoms with Crippen LogP contribution in [0.2, 0.25) is 0 Å². The number of hydrogen-bond donors (Lipinski definition) is 1. The lowest BCUT2D eigenvalue weighted by Crippen LogP contribution is -2.37. The first-order valence-corrected chi connectivity index (χ1v) is 7.06. The van der Waals surface area contributed by atoms with Gasteiger partial charge in [-0.2, -0.15) is 0 Å². The molecule has 1 saturated heterocycles. The van der Waals surface area contributed by atoms with Crippen LogP contribution in [0.15, 0.2) is 24.3 Å². The molecule has 1 N–H and O–H groups in total. The van der Waals surface area contributed by atoms with Gasteiger partial charge in [0.15, 0.2) is 5.37 Å². The molecular formula is C13H10N2O6S-2. The Morgan fingerprint density at radius 1 is 1.27 bits per heavy atom. The Bertz CT molecular complexity index is 647. The first kappa shape index (κ1) is 15.8. The fourth-order valence-electron chi connectivity index (χ4n) is 1.83. The molecule has 1 aromatic rings. The third-order valence-electron chi connectivity index (χ3n) is 2.86. The summed E-state index contributed by atoms with van der Waals surface area (Å²) < 4.78 is 0. The van der Waals surface area contributed by atoms with E-state index in [0.29, 0.717) is 17.4 Å². The molecule has 0 spiro atoms. The first-order chi connectivity index (χ1) is 10.4. The number of aromatic carboxylic acids is 1. The van der Waals surface area contributed by atoms with E-state index < -0.39 is 34.9 Å². The number of rotatable bonds is 6. The van der Waals surface area contributed by atoms with Crippen molar-refractivity contribution in [2.45, 2.75) is 11.8 Å². The van der Waals surface area contributed by atoms with E-state index in [2.05, 4.69) is 5.32 Å². The maximum Gasteiger partial charge on any atom is 0.290 e. The number of imide groups is 1. The summed E-state index contributed by atoms with van der Waals surface area (Å²) in [5, 5.41) is 22.4. The number of thioether (sulfide) groups is 1. The van der Waals surface area contributed by atoms with E-state index in [1.165, 1.54) is 24.3 Å². The van der Waals surface area contributed by atoms with Crippen molar-refractivity contribution in [1.82, 2.24) is 4.90 Å². The quantitative estimate of drug-likeness (QED) is 0.678. The number of hydrogen-bond acceptors (Lipinski definition) is 8. The highest BCUT2D eigenvalue weighted by Gasteiger charge is 2.39. The number of nitrogens with zero attached hydrogens (tertiary/aromatic N) is 1. The number of carboxylic acid groups (broad SMARTS) is 2. The molecule has 22 heavy (non-hydrogen) atoms. The van der Waals surface area contributed by atoms with Crippen LogP contribution in [0.5, 0.6) is 0 Å². The number of carbonyl (C=O) groups excluding carboxylic acids is 4. The number of nitrogens with one attached hydrogen (secondary N) is 1. The van der Waals surface area contributed by atoms with Gasteiger partial charge in [-0.3, -0.25) is 14.5 Å². The molecule has 0 aromatic heterocycles. The molecule has 2 amide bonds. The van der Waals surface area contributed by atoms with E-state index >= 15 is 0 Å². The molecule has 8 nitrogen and oxygen atoms in total. The first-order valence-electron chi connectivity index (χ1n) is 6.18. The molecule has 1 aliphatic heterocycles. The predicted molar refractivity (Wildman–Crippen MR) is 72.5 cm³/mol. The molecule has 9 heteroatoms. The van der Waals surface area contributed by atoms with E-state index in [-0.39, 0.29) is 12.1 Å². The molecule has 1 aliphatic rings. The summed E-state index contributed by atoms with van der Waals surface area (Å²) in [7, 11) is 0. The van der Waals surface area contributed by atoms with Gasteiger partial charge >= 0.3 is 0 Å². The van der Waals surface area contributed by atoms with Crippen molar-refractivity contribution in [2.24, 2.45) is 0 Å². The van der Waals surface area contributed by atoms with Crippen LogP contribution in [0, 0.1) is 0 Å². The summed E-state index contributed by atoms with van der Waals surface area (Å²) in [4.78, 5) is 45.7. The fraction of sp³-hybridized carbons (Fsp3) is 0.231. The molecule has 0 unspecified atom stereocenters. The number of amides is 2. The van der Waals surface area contributed by atoms with Crippen LogP contribution in [0.25, 0.3) is 0 Å². The second kappa shape index (κ2) is 6.48. The van der Waals surface area contributed by atoms with E-state index in [1.807, 2.05) is 0 Å². The maximum absolute atomic E-state index is 12.0. The Morgan fingerprint density at radius 3 is 2.64 bits per heavy atom. The summed E-state index contributed by atoms with van der Waals surface area (Å²) in [5.74, 6) is -3.31. The van der Waals surface area contributed by atoms with Gasteiger partial charge in [0.05, 0.1) is 5.97 Å². The smallest absolute Gasteiger partial charge is 0.290 e. The fourth-order valence-corrected chi connectivity index (χ4v) is 2.76. The standard InChI is InChI=1S/C13H12N2O6S/c16-9(17)4-5-15-11(18)10(22-13(15)21)14-8-3-1-2-7(6-8)12(19)20/h1-3,6,10,14H,4-5H2,(H,16,17)(H,19,20)/p-2/t10-/m0/s1. The molecular weight excluding hydrogens is 312 g/mol. The third kappa shape index (κ3) is 3.55. The summed E-state index contributed by atoms with van der Waals surface area (Å²) in [5.41, 5.74) is 0.266. The molecule has 2 rings (SSSR count). The monoisotopic (exact) mass is 322 g/mol.